The molecule has 3 fully saturated rings. The molecule has 17 unspecified atom stereocenters. The van der Waals surface area contributed by atoms with Crippen LogP contribution in [0.4, 0.5) is 0 Å². The molecule has 0 bridgehead atoms. The molecule has 0 aromatic heterocycles. The number of aliphatic hydroxyl groups excluding tert-OH is 11. The van der Waals surface area contributed by atoms with Crippen molar-refractivity contribution < 1.29 is 89.4 Å². The standard InChI is InChI=1S/C89H151NO18/c1-3-5-7-9-11-13-15-17-19-21-23-25-27-29-30-31-32-33-34-35-36-37-38-39-40-41-42-43-45-47-49-51-53-55-57-59-61-63-65-67-77(95)90-72(73(94)66-64-62-60-58-56-54-52-50-48-46-44-28-26-24-22-20-18-16-14-12-10-8-6-4-2)71-103-87-83(101)80(98)85(75(69-92)105-87)108-89-84(102)81(99)86(76(70-93)106-89)107-88-82(100)79(97)78(96)74(68-91)104-88/h5,7,11,13,17,19,23,25,29-30,32-33,35-36,38-39,41-42,56,58,64,66,72-76,78-89,91-94,96-102H,3-4,6,8-10,12,14-16,18,20-22,24,26-28,31,34,37,40,43-55,57,59-63,65,67-71H2,1-2H3,(H,90,95)/b7-5-,13-11-,19-17-,25-23-,30-29-,33-32-,36-35-,39-38-,42-41-,58-56+,66-64+. The fourth-order valence-electron chi connectivity index (χ4n) is 13.4. The molecule has 12 N–H and O–H groups in total. The molecule has 3 heterocycles. The van der Waals surface area contributed by atoms with E-state index in [0.29, 0.717) is 12.8 Å². The van der Waals surface area contributed by atoms with Gasteiger partial charge in [-0.25, -0.2) is 0 Å². The average Bonchev–Trinajstić information content (AvgIpc) is 0.775. The largest absolute Gasteiger partial charge is 0.394 e. The van der Waals surface area contributed by atoms with E-state index in [1.807, 2.05) is 6.08 Å². The highest BCUT2D eigenvalue weighted by Crippen LogP contribution is 2.33. The van der Waals surface area contributed by atoms with Crippen molar-refractivity contribution in [2.24, 2.45) is 0 Å². The minimum atomic E-state index is -1.99. The Morgan fingerprint density at radius 3 is 1.04 bits per heavy atom. The quantitative estimate of drug-likeness (QED) is 0.0199. The van der Waals surface area contributed by atoms with Crippen LogP contribution in [0.3, 0.4) is 0 Å². The first kappa shape index (κ1) is 98.1. The minimum Gasteiger partial charge on any atom is -0.394 e. The molecule has 0 saturated carbocycles. The number of carbonyl (C=O) groups excluding carboxylic acids is 1. The zero-order valence-corrected chi connectivity index (χ0v) is 66.5. The maximum Gasteiger partial charge on any atom is 0.220 e. The van der Waals surface area contributed by atoms with E-state index in [-0.39, 0.29) is 18.9 Å². The smallest absolute Gasteiger partial charge is 0.220 e. The predicted octanol–water partition coefficient (Wildman–Crippen LogP) is 15.2. The first-order chi connectivity index (χ1) is 52.8. The van der Waals surface area contributed by atoms with Crippen molar-refractivity contribution in [2.45, 2.75) is 394 Å². The van der Waals surface area contributed by atoms with Gasteiger partial charge in [0.25, 0.3) is 0 Å². The third kappa shape index (κ3) is 46.2. The Labute approximate surface area is 651 Å². The lowest BCUT2D eigenvalue weighted by Crippen LogP contribution is -2.66. The second-order valence-electron chi connectivity index (χ2n) is 29.6. The van der Waals surface area contributed by atoms with Gasteiger partial charge in [-0.1, -0.05) is 314 Å². The average molecular weight is 1520 g/mol. The van der Waals surface area contributed by atoms with Gasteiger partial charge in [0, 0.05) is 6.42 Å². The molecule has 108 heavy (non-hydrogen) atoms. The molecule has 19 heteroatoms. The van der Waals surface area contributed by atoms with Crippen molar-refractivity contribution in [1.29, 1.82) is 0 Å². The summed E-state index contributed by atoms with van der Waals surface area (Å²) in [6.45, 7) is 1.62. The first-order valence-electron chi connectivity index (χ1n) is 42.4. The molecule has 620 valence electrons. The Balaban J connectivity index is 1.35. The lowest BCUT2D eigenvalue weighted by atomic mass is 9.96. The van der Waals surface area contributed by atoms with Gasteiger partial charge in [0.15, 0.2) is 18.9 Å². The topological polar surface area (TPSA) is 307 Å². The van der Waals surface area contributed by atoms with Gasteiger partial charge in [-0.2, -0.15) is 0 Å². The van der Waals surface area contributed by atoms with Gasteiger partial charge in [0.05, 0.1) is 38.6 Å². The van der Waals surface area contributed by atoms with Crippen LogP contribution in [0.2, 0.25) is 0 Å². The second kappa shape index (κ2) is 67.4. The number of nitrogens with one attached hydrogen (secondary N) is 1. The molecule has 3 saturated heterocycles. The van der Waals surface area contributed by atoms with Gasteiger partial charge < -0.3 is 89.9 Å². The Morgan fingerprint density at radius 1 is 0.343 bits per heavy atom. The summed E-state index contributed by atoms with van der Waals surface area (Å²) in [6, 6.07) is -1.00. The fraction of sp³-hybridized carbons (Fsp3) is 0.742. The number of hydrogen-bond acceptors (Lipinski definition) is 18. The maximum absolute atomic E-state index is 13.5. The summed E-state index contributed by atoms with van der Waals surface area (Å²) in [6.07, 6.45) is 70.1. The van der Waals surface area contributed by atoms with Crippen molar-refractivity contribution >= 4 is 5.91 Å². The molecule has 0 aromatic rings. The molecule has 0 aliphatic carbocycles. The van der Waals surface area contributed by atoms with Gasteiger partial charge >= 0.3 is 0 Å². The van der Waals surface area contributed by atoms with E-state index in [0.717, 1.165) is 109 Å². The SMILES string of the molecule is CC/C=C\C/C=C\C/C=C\C/C=C\C/C=C\C/C=C\C/C=C\C/C=C\C/C=C\CCCCCCCCCCCCCC(=O)NC(COC1OC(CO)C(OC2OC(CO)C(OC3OC(CO)C(O)C(O)C3O)C(O)C2O)C(O)C1O)C(O)/C=C/CC/C=C/CCCCCCCCCCCCCCCCCCCC. The van der Waals surface area contributed by atoms with E-state index in [9.17, 15) is 61.0 Å². The zero-order valence-electron chi connectivity index (χ0n) is 66.5. The third-order valence-corrected chi connectivity index (χ3v) is 20.2. The summed E-state index contributed by atoms with van der Waals surface area (Å²) < 4.78 is 34.5. The van der Waals surface area contributed by atoms with Gasteiger partial charge in [-0.15, -0.1) is 0 Å². The molecular formula is C89H151NO18. The minimum absolute atomic E-state index is 0.224. The van der Waals surface area contributed by atoms with Crippen LogP contribution in [0.5, 0.6) is 0 Å². The Kier molecular flexibility index (Phi) is 61.3. The van der Waals surface area contributed by atoms with E-state index in [1.54, 1.807) is 6.08 Å². The second-order valence-corrected chi connectivity index (χ2v) is 29.6. The monoisotopic (exact) mass is 1520 g/mol. The van der Waals surface area contributed by atoms with E-state index >= 15 is 0 Å². The molecule has 3 aliphatic rings. The van der Waals surface area contributed by atoms with Gasteiger partial charge in [0.2, 0.25) is 5.91 Å². The van der Waals surface area contributed by atoms with Crippen LogP contribution in [-0.2, 0) is 33.2 Å². The highest BCUT2D eigenvalue weighted by molar-refractivity contribution is 5.76. The van der Waals surface area contributed by atoms with Crippen LogP contribution < -0.4 is 5.32 Å². The summed E-state index contributed by atoms with van der Waals surface area (Å²) in [5.74, 6) is -0.291. The van der Waals surface area contributed by atoms with Crippen LogP contribution >= 0.6 is 0 Å². The van der Waals surface area contributed by atoms with Gasteiger partial charge in [-0.3, -0.25) is 4.79 Å². The molecule has 1 amide bonds. The molecule has 0 spiro atoms. The van der Waals surface area contributed by atoms with Crippen molar-refractivity contribution in [3.05, 3.63) is 134 Å². The van der Waals surface area contributed by atoms with Crippen LogP contribution in [-0.4, -0.2) is 193 Å². The number of carbonyl (C=O) groups is 1. The van der Waals surface area contributed by atoms with Crippen molar-refractivity contribution in [1.82, 2.24) is 5.32 Å². The van der Waals surface area contributed by atoms with Gasteiger partial charge in [-0.05, 0) is 103 Å². The van der Waals surface area contributed by atoms with Crippen molar-refractivity contribution in [3.8, 4) is 0 Å². The summed E-state index contributed by atoms with van der Waals surface area (Å²) in [5, 5.41) is 121. The van der Waals surface area contributed by atoms with E-state index in [1.165, 1.54) is 148 Å². The number of amides is 1. The van der Waals surface area contributed by atoms with E-state index < -0.39 is 124 Å². The molecule has 17 atom stereocenters. The molecular weight excluding hydrogens is 1370 g/mol. The molecule has 3 rings (SSSR count). The number of unbranched alkanes of at least 4 members (excludes halogenated alkanes) is 30. The summed E-state index contributed by atoms with van der Waals surface area (Å²) in [5.41, 5.74) is 0. The van der Waals surface area contributed by atoms with Crippen molar-refractivity contribution in [3.63, 3.8) is 0 Å². The highest BCUT2D eigenvalue weighted by atomic mass is 16.8. The van der Waals surface area contributed by atoms with Crippen LogP contribution in [0, 0.1) is 0 Å². The maximum atomic E-state index is 13.5. The number of allylic oxidation sites excluding steroid dienone is 21. The summed E-state index contributed by atoms with van der Waals surface area (Å²) >= 11 is 0. The fourth-order valence-corrected chi connectivity index (χ4v) is 13.4. The molecule has 0 radical (unpaired) electrons. The highest BCUT2D eigenvalue weighted by Gasteiger charge is 2.54. The normalized spacial score (nSPS) is 26.1. The lowest BCUT2D eigenvalue weighted by Gasteiger charge is -2.48. The number of hydrogen-bond donors (Lipinski definition) is 12. The van der Waals surface area contributed by atoms with Gasteiger partial charge in [0.1, 0.15) is 73.2 Å². The Morgan fingerprint density at radius 2 is 0.648 bits per heavy atom. The molecule has 3 aliphatic heterocycles. The number of ether oxygens (including phenoxy) is 6. The third-order valence-electron chi connectivity index (χ3n) is 20.2. The number of aliphatic hydroxyl groups is 11. The van der Waals surface area contributed by atoms with Crippen molar-refractivity contribution in [2.75, 3.05) is 26.4 Å². The molecule has 19 nitrogen and oxygen atoms in total. The number of rotatable bonds is 66. The van der Waals surface area contributed by atoms with Crippen LogP contribution in [0.15, 0.2) is 134 Å². The first-order valence-corrected chi connectivity index (χ1v) is 42.4. The van der Waals surface area contributed by atoms with Crippen LogP contribution in [0.1, 0.15) is 290 Å². The predicted molar refractivity (Wildman–Crippen MR) is 433 cm³/mol. The molecule has 0 aromatic carbocycles. The Hall–Kier alpha value is -4.07. The van der Waals surface area contributed by atoms with E-state index in [4.69, 9.17) is 28.4 Å². The summed E-state index contributed by atoms with van der Waals surface area (Å²) in [4.78, 5) is 13.5. The Bertz CT molecular complexity index is 2470. The van der Waals surface area contributed by atoms with E-state index in [2.05, 4.69) is 141 Å². The zero-order chi connectivity index (χ0) is 78.1. The lowest BCUT2D eigenvalue weighted by molar-refractivity contribution is -0.379. The summed E-state index contributed by atoms with van der Waals surface area (Å²) in [7, 11) is 0. The van der Waals surface area contributed by atoms with Crippen LogP contribution in [0.25, 0.3) is 0 Å².